The monoisotopic (exact) mass is 421 g/mol. The molecule has 0 radical (unpaired) electrons. The Labute approximate surface area is 160 Å². The molecule has 0 aliphatic heterocycles. The van der Waals surface area contributed by atoms with E-state index in [0.717, 1.165) is 10.2 Å². The normalized spacial score (nSPS) is 10.5. The molecule has 0 fully saturated rings. The Morgan fingerprint density at radius 1 is 1.12 bits per heavy atom. The predicted octanol–water partition coefficient (Wildman–Crippen LogP) is 3.04. The van der Waals surface area contributed by atoms with Crippen LogP contribution < -0.4 is 25.0 Å². The summed E-state index contributed by atoms with van der Waals surface area (Å²) in [4.78, 5) is 11.9. The summed E-state index contributed by atoms with van der Waals surface area (Å²) in [5.74, 6) is 1.25. The number of methoxy groups -OCH3 is 3. The zero-order valence-corrected chi connectivity index (χ0v) is 16.3. The maximum absolute atomic E-state index is 11.9. The number of anilines is 1. The lowest BCUT2D eigenvalue weighted by Crippen LogP contribution is -2.25. The number of carbonyl (C=O) groups is 1. The number of hydrogen-bond acceptors (Lipinski definition) is 6. The molecule has 0 unspecified atom stereocenters. The first-order valence-electron chi connectivity index (χ1n) is 7.68. The highest BCUT2D eigenvalue weighted by molar-refractivity contribution is 9.10. The van der Waals surface area contributed by atoms with E-state index in [1.54, 1.807) is 12.1 Å². The van der Waals surface area contributed by atoms with E-state index in [2.05, 4.69) is 31.8 Å². The van der Waals surface area contributed by atoms with Crippen molar-refractivity contribution < 1.29 is 19.0 Å². The minimum atomic E-state index is -0.270. The van der Waals surface area contributed by atoms with Crippen molar-refractivity contribution in [1.29, 1.82) is 0 Å². The molecule has 2 rings (SSSR count). The molecule has 0 spiro atoms. The molecule has 7 nitrogen and oxygen atoms in total. The maximum atomic E-state index is 11.9. The first-order chi connectivity index (χ1) is 12.6. The Bertz CT molecular complexity index is 771. The average molecular weight is 422 g/mol. The molecule has 8 heteroatoms. The van der Waals surface area contributed by atoms with E-state index in [9.17, 15) is 4.79 Å². The van der Waals surface area contributed by atoms with Gasteiger partial charge >= 0.3 is 0 Å². The second kappa shape index (κ2) is 9.67. The van der Waals surface area contributed by atoms with Crippen LogP contribution in [0, 0.1) is 0 Å². The highest BCUT2D eigenvalue weighted by Crippen LogP contribution is 2.37. The maximum Gasteiger partial charge on any atom is 0.259 e. The summed E-state index contributed by atoms with van der Waals surface area (Å²) in [6.07, 6.45) is 1.50. The van der Waals surface area contributed by atoms with Crippen LogP contribution in [0.2, 0.25) is 0 Å². The van der Waals surface area contributed by atoms with Crippen molar-refractivity contribution in [1.82, 2.24) is 5.43 Å². The number of nitrogens with zero attached hydrogens (tertiary/aromatic N) is 1. The van der Waals surface area contributed by atoms with E-state index in [-0.39, 0.29) is 12.5 Å². The summed E-state index contributed by atoms with van der Waals surface area (Å²) in [6, 6.07) is 11.0. The molecule has 0 aromatic heterocycles. The number of ether oxygens (including phenoxy) is 3. The van der Waals surface area contributed by atoms with E-state index in [1.165, 1.54) is 27.5 Å². The van der Waals surface area contributed by atoms with Gasteiger partial charge < -0.3 is 19.5 Å². The fourth-order valence-corrected chi connectivity index (χ4v) is 2.57. The van der Waals surface area contributed by atoms with Crippen LogP contribution >= 0.6 is 15.9 Å². The first kappa shape index (κ1) is 19.6. The number of benzene rings is 2. The molecule has 0 aliphatic rings. The van der Waals surface area contributed by atoms with Crippen LogP contribution in [0.1, 0.15) is 5.56 Å². The number of carbonyl (C=O) groups excluding carboxylic acids is 1. The smallest absolute Gasteiger partial charge is 0.259 e. The van der Waals surface area contributed by atoms with Gasteiger partial charge in [0.2, 0.25) is 5.75 Å². The van der Waals surface area contributed by atoms with Crippen LogP contribution in [0.15, 0.2) is 46.0 Å². The average Bonchev–Trinajstić information content (AvgIpc) is 2.65. The Morgan fingerprint density at radius 2 is 1.81 bits per heavy atom. The largest absolute Gasteiger partial charge is 0.493 e. The number of halogens is 1. The van der Waals surface area contributed by atoms with Gasteiger partial charge in [0.25, 0.3) is 5.91 Å². The van der Waals surface area contributed by atoms with Gasteiger partial charge in [-0.15, -0.1) is 0 Å². The molecule has 138 valence electrons. The van der Waals surface area contributed by atoms with Gasteiger partial charge in [0, 0.05) is 15.7 Å². The van der Waals surface area contributed by atoms with Crippen LogP contribution in [0.25, 0.3) is 0 Å². The van der Waals surface area contributed by atoms with Gasteiger partial charge in [0.05, 0.1) is 34.1 Å². The summed E-state index contributed by atoms with van der Waals surface area (Å²) in [7, 11) is 4.60. The number of nitrogens with one attached hydrogen (secondary N) is 2. The number of amides is 1. The van der Waals surface area contributed by atoms with Crippen molar-refractivity contribution in [3.8, 4) is 17.2 Å². The summed E-state index contributed by atoms with van der Waals surface area (Å²) < 4.78 is 16.7. The lowest BCUT2D eigenvalue weighted by atomic mass is 10.2. The molecule has 0 saturated heterocycles. The predicted molar refractivity (Wildman–Crippen MR) is 104 cm³/mol. The third-order valence-electron chi connectivity index (χ3n) is 3.37. The Hall–Kier alpha value is -2.74. The number of rotatable bonds is 8. The van der Waals surface area contributed by atoms with E-state index in [4.69, 9.17) is 14.2 Å². The summed E-state index contributed by atoms with van der Waals surface area (Å²) in [5.41, 5.74) is 3.99. The molecule has 26 heavy (non-hydrogen) atoms. The second-order valence-electron chi connectivity index (χ2n) is 5.12. The van der Waals surface area contributed by atoms with Crippen LogP contribution in [-0.2, 0) is 4.79 Å². The van der Waals surface area contributed by atoms with E-state index in [0.29, 0.717) is 22.8 Å². The third-order valence-corrected chi connectivity index (χ3v) is 3.86. The van der Waals surface area contributed by atoms with Crippen molar-refractivity contribution >= 4 is 33.7 Å². The SMILES string of the molecule is COc1cc(/C=N\NC(=O)CNc2cccc(Br)c2)cc(OC)c1OC. The van der Waals surface area contributed by atoms with Crippen molar-refractivity contribution in [2.45, 2.75) is 0 Å². The number of hydrogen-bond donors (Lipinski definition) is 2. The second-order valence-corrected chi connectivity index (χ2v) is 6.03. The van der Waals surface area contributed by atoms with Crippen LogP contribution in [0.5, 0.6) is 17.2 Å². The van der Waals surface area contributed by atoms with Gasteiger partial charge in [0.15, 0.2) is 11.5 Å². The zero-order chi connectivity index (χ0) is 18.9. The van der Waals surface area contributed by atoms with Crippen molar-refractivity contribution in [3.63, 3.8) is 0 Å². The van der Waals surface area contributed by atoms with Gasteiger partial charge in [-0.25, -0.2) is 5.43 Å². The fraction of sp³-hybridized carbons (Fsp3) is 0.222. The molecule has 0 bridgehead atoms. The molecule has 2 aromatic rings. The molecule has 0 saturated carbocycles. The highest BCUT2D eigenvalue weighted by Gasteiger charge is 2.12. The molecular weight excluding hydrogens is 402 g/mol. The molecule has 2 N–H and O–H groups in total. The van der Waals surface area contributed by atoms with E-state index in [1.807, 2.05) is 24.3 Å². The fourth-order valence-electron chi connectivity index (χ4n) is 2.18. The lowest BCUT2D eigenvalue weighted by molar-refractivity contribution is -0.119. The summed E-state index contributed by atoms with van der Waals surface area (Å²) >= 11 is 3.38. The molecule has 0 heterocycles. The molecular formula is C18H20BrN3O4. The molecule has 1 amide bonds. The highest BCUT2D eigenvalue weighted by atomic mass is 79.9. The standard InChI is InChI=1S/C18H20BrN3O4/c1-24-15-7-12(8-16(25-2)18(15)26-3)10-21-22-17(23)11-20-14-6-4-5-13(19)9-14/h4-10,20H,11H2,1-3H3,(H,22,23)/b21-10-. The quantitative estimate of drug-likeness (QED) is 0.505. The Kier molecular flexibility index (Phi) is 7.28. The van der Waals surface area contributed by atoms with E-state index < -0.39 is 0 Å². The van der Waals surface area contributed by atoms with Gasteiger partial charge in [-0.05, 0) is 30.3 Å². The van der Waals surface area contributed by atoms with E-state index >= 15 is 0 Å². The number of hydrazone groups is 1. The third kappa shape index (κ3) is 5.38. The van der Waals surface area contributed by atoms with Crippen molar-refractivity contribution in [3.05, 3.63) is 46.4 Å². The van der Waals surface area contributed by atoms with Crippen LogP contribution in [0.4, 0.5) is 5.69 Å². The Balaban J connectivity index is 1.96. The molecule has 2 aromatic carbocycles. The summed E-state index contributed by atoms with van der Waals surface area (Å²) in [6.45, 7) is 0.100. The zero-order valence-electron chi connectivity index (χ0n) is 14.7. The minimum Gasteiger partial charge on any atom is -0.493 e. The van der Waals surface area contributed by atoms with Gasteiger partial charge in [0.1, 0.15) is 0 Å². The molecule has 0 atom stereocenters. The van der Waals surface area contributed by atoms with Crippen molar-refractivity contribution in [2.24, 2.45) is 5.10 Å². The minimum absolute atomic E-state index is 0.100. The lowest BCUT2D eigenvalue weighted by Gasteiger charge is -2.12. The Morgan fingerprint density at radius 3 is 2.38 bits per heavy atom. The van der Waals surface area contributed by atoms with Crippen molar-refractivity contribution in [2.75, 3.05) is 33.2 Å². The van der Waals surface area contributed by atoms with Gasteiger partial charge in [-0.2, -0.15) is 5.10 Å². The van der Waals surface area contributed by atoms with Crippen LogP contribution in [-0.4, -0.2) is 40.0 Å². The van der Waals surface area contributed by atoms with Gasteiger partial charge in [-0.1, -0.05) is 22.0 Å². The summed E-state index contributed by atoms with van der Waals surface area (Å²) in [5, 5.41) is 6.96. The van der Waals surface area contributed by atoms with Crippen LogP contribution in [0.3, 0.4) is 0 Å². The molecule has 0 aliphatic carbocycles. The van der Waals surface area contributed by atoms with Gasteiger partial charge in [-0.3, -0.25) is 4.79 Å². The first-order valence-corrected chi connectivity index (χ1v) is 8.48. The topological polar surface area (TPSA) is 81.2 Å².